The summed E-state index contributed by atoms with van der Waals surface area (Å²) in [6, 6.07) is 12.7. The van der Waals surface area contributed by atoms with E-state index in [9.17, 15) is 5.26 Å². The van der Waals surface area contributed by atoms with Crippen LogP contribution < -0.4 is 5.32 Å². The third kappa shape index (κ3) is 3.60. The number of pyridine rings is 2. The van der Waals surface area contributed by atoms with Crippen LogP contribution in [0.2, 0.25) is 0 Å². The average Bonchev–Trinajstić information content (AvgIpc) is 3.43. The molecule has 0 atom stereocenters. The lowest BCUT2D eigenvalue weighted by atomic mass is 10.1. The quantitative estimate of drug-likeness (QED) is 0.361. The molecule has 32 heavy (non-hydrogen) atoms. The maximum Gasteiger partial charge on any atom is 0.126 e. The van der Waals surface area contributed by atoms with Crippen LogP contribution >= 0.6 is 11.3 Å². The van der Waals surface area contributed by atoms with Gasteiger partial charge < -0.3 is 15.2 Å². The van der Waals surface area contributed by atoms with Gasteiger partial charge in [-0.2, -0.15) is 5.26 Å². The summed E-state index contributed by atoms with van der Waals surface area (Å²) in [6.45, 7) is 2.92. The van der Waals surface area contributed by atoms with Crippen molar-refractivity contribution in [3.8, 4) is 16.5 Å². The van der Waals surface area contributed by atoms with Crippen molar-refractivity contribution in [1.29, 1.82) is 5.26 Å². The number of benzene rings is 1. The molecule has 0 unspecified atom stereocenters. The van der Waals surface area contributed by atoms with E-state index in [-0.39, 0.29) is 0 Å². The lowest BCUT2D eigenvalue weighted by Crippen LogP contribution is -2.10. The Hall–Kier alpha value is -3.73. The van der Waals surface area contributed by atoms with Gasteiger partial charge >= 0.3 is 0 Å². The molecule has 7 heteroatoms. The van der Waals surface area contributed by atoms with Gasteiger partial charge in [0, 0.05) is 63.7 Å². The number of H-pyrrole nitrogens is 1. The Morgan fingerprint density at radius 1 is 1.12 bits per heavy atom. The van der Waals surface area contributed by atoms with Crippen molar-refractivity contribution >= 4 is 43.8 Å². The summed E-state index contributed by atoms with van der Waals surface area (Å²) in [6.07, 6.45) is 7.37. The molecule has 4 aromatic heterocycles. The second kappa shape index (κ2) is 8.08. The molecule has 0 saturated carbocycles. The molecular formula is C25H22N6S. The molecule has 0 aliphatic rings. The van der Waals surface area contributed by atoms with Crippen molar-refractivity contribution in [1.82, 2.24) is 19.9 Å². The van der Waals surface area contributed by atoms with Crippen LogP contribution in [-0.4, -0.2) is 33.9 Å². The fourth-order valence-electron chi connectivity index (χ4n) is 3.98. The van der Waals surface area contributed by atoms with E-state index in [1.165, 1.54) is 0 Å². The Morgan fingerprint density at radius 2 is 2.00 bits per heavy atom. The summed E-state index contributed by atoms with van der Waals surface area (Å²) in [5.41, 5.74) is 6.73. The zero-order valence-electron chi connectivity index (χ0n) is 18.1. The van der Waals surface area contributed by atoms with E-state index >= 15 is 0 Å². The zero-order valence-corrected chi connectivity index (χ0v) is 18.9. The van der Waals surface area contributed by atoms with Crippen LogP contribution in [0.5, 0.6) is 0 Å². The number of hydrogen-bond donors (Lipinski definition) is 2. The Bertz CT molecular complexity index is 1490. The van der Waals surface area contributed by atoms with Crippen LogP contribution in [0.3, 0.4) is 0 Å². The molecule has 0 bridgehead atoms. The molecule has 4 heterocycles. The molecule has 0 fully saturated rings. The lowest BCUT2D eigenvalue weighted by molar-refractivity contribution is 0.402. The second-order valence-corrected chi connectivity index (χ2v) is 9.14. The summed E-state index contributed by atoms with van der Waals surface area (Å²) >= 11 is 1.61. The van der Waals surface area contributed by atoms with Gasteiger partial charge in [-0.1, -0.05) is 0 Å². The standard InChI is InChI=1S/C25H22N6S/c1-15-19-6-7-28-22(19)5-4-21(15)30-24-18(10-26)13-29-25-20(24)9-23(32-25)17-8-16(11-27-12-17)14-31(2)3/h4-9,11-13,28H,14H2,1-3H3,(H,29,30). The molecule has 0 radical (unpaired) electrons. The second-order valence-electron chi connectivity index (χ2n) is 8.11. The molecule has 6 nitrogen and oxygen atoms in total. The van der Waals surface area contributed by atoms with Crippen molar-refractivity contribution in [3.63, 3.8) is 0 Å². The lowest BCUT2D eigenvalue weighted by Gasteiger charge is -2.12. The Kier molecular flexibility index (Phi) is 5.10. The largest absolute Gasteiger partial charge is 0.361 e. The Morgan fingerprint density at radius 3 is 2.81 bits per heavy atom. The van der Waals surface area contributed by atoms with E-state index in [1.54, 1.807) is 17.5 Å². The van der Waals surface area contributed by atoms with Crippen LogP contribution in [0.1, 0.15) is 16.7 Å². The number of aryl methyl sites for hydroxylation is 1. The average molecular weight is 439 g/mol. The highest BCUT2D eigenvalue weighted by atomic mass is 32.1. The molecule has 1 aromatic carbocycles. The summed E-state index contributed by atoms with van der Waals surface area (Å²) in [7, 11) is 4.09. The summed E-state index contributed by atoms with van der Waals surface area (Å²) < 4.78 is 0. The van der Waals surface area contributed by atoms with Crippen molar-refractivity contribution < 1.29 is 0 Å². The first-order chi connectivity index (χ1) is 15.5. The molecule has 0 aliphatic carbocycles. The highest BCUT2D eigenvalue weighted by molar-refractivity contribution is 7.21. The van der Waals surface area contributed by atoms with Crippen LogP contribution in [0, 0.1) is 18.3 Å². The topological polar surface area (TPSA) is 80.6 Å². The minimum Gasteiger partial charge on any atom is -0.361 e. The normalized spacial score (nSPS) is 11.3. The molecule has 5 rings (SSSR count). The van der Waals surface area contributed by atoms with E-state index in [0.29, 0.717) is 5.56 Å². The number of fused-ring (bicyclic) bond motifs is 2. The molecule has 0 aliphatic heterocycles. The summed E-state index contributed by atoms with van der Waals surface area (Å²) in [5.74, 6) is 0. The number of nitrogens with one attached hydrogen (secondary N) is 2. The molecule has 0 amide bonds. The van der Waals surface area contributed by atoms with Crippen molar-refractivity contribution in [2.24, 2.45) is 0 Å². The van der Waals surface area contributed by atoms with Crippen LogP contribution in [0.25, 0.3) is 31.6 Å². The number of hydrogen-bond acceptors (Lipinski definition) is 6. The fraction of sp³-hybridized carbons (Fsp3) is 0.160. The molecule has 158 valence electrons. The summed E-state index contributed by atoms with van der Waals surface area (Å²) in [5, 5.41) is 15.4. The van der Waals surface area contributed by atoms with Crippen LogP contribution in [-0.2, 0) is 6.54 Å². The molecule has 0 saturated heterocycles. The highest BCUT2D eigenvalue weighted by Gasteiger charge is 2.15. The minimum atomic E-state index is 0.523. The predicted octanol–water partition coefficient (Wildman–Crippen LogP) is 5.82. The Balaban J connectivity index is 1.60. The van der Waals surface area contributed by atoms with Gasteiger partial charge in [0.1, 0.15) is 10.9 Å². The molecule has 2 N–H and O–H groups in total. The number of aromatic amines is 1. The van der Waals surface area contributed by atoms with Crippen LogP contribution in [0.4, 0.5) is 11.4 Å². The number of nitriles is 1. The van der Waals surface area contributed by atoms with Gasteiger partial charge in [0.2, 0.25) is 0 Å². The van der Waals surface area contributed by atoms with Gasteiger partial charge in [-0.25, -0.2) is 4.98 Å². The van der Waals surface area contributed by atoms with Gasteiger partial charge in [0.05, 0.1) is 11.3 Å². The monoisotopic (exact) mass is 438 g/mol. The molecule has 0 spiro atoms. The maximum absolute atomic E-state index is 9.76. The highest BCUT2D eigenvalue weighted by Crippen LogP contribution is 2.39. The molecule has 5 aromatic rings. The maximum atomic E-state index is 9.76. The van der Waals surface area contributed by atoms with Crippen molar-refractivity contribution in [2.45, 2.75) is 13.5 Å². The minimum absolute atomic E-state index is 0.523. The van der Waals surface area contributed by atoms with Gasteiger partial charge in [-0.3, -0.25) is 4.98 Å². The van der Waals surface area contributed by atoms with E-state index in [0.717, 1.165) is 60.6 Å². The van der Waals surface area contributed by atoms with Gasteiger partial charge in [-0.05, 0) is 62.5 Å². The first-order valence-corrected chi connectivity index (χ1v) is 11.1. The fourth-order valence-corrected chi connectivity index (χ4v) is 4.97. The zero-order chi connectivity index (χ0) is 22.2. The molecular weight excluding hydrogens is 416 g/mol. The van der Waals surface area contributed by atoms with Crippen LogP contribution in [0.15, 0.2) is 55.1 Å². The van der Waals surface area contributed by atoms with E-state index in [4.69, 9.17) is 0 Å². The number of nitrogens with zero attached hydrogens (tertiary/aromatic N) is 4. The Labute approximate surface area is 190 Å². The number of thiophene rings is 1. The van der Waals surface area contributed by atoms with E-state index < -0.39 is 0 Å². The first-order valence-electron chi connectivity index (χ1n) is 10.3. The SMILES string of the molecule is Cc1c(Nc2c(C#N)cnc3sc(-c4cncc(CN(C)C)c4)cc23)ccc2[nH]ccc12. The predicted molar refractivity (Wildman–Crippen MR) is 131 cm³/mol. The summed E-state index contributed by atoms with van der Waals surface area (Å²) in [4.78, 5) is 16.3. The van der Waals surface area contributed by atoms with Crippen molar-refractivity contribution in [3.05, 3.63) is 71.8 Å². The number of rotatable bonds is 5. The van der Waals surface area contributed by atoms with E-state index in [1.807, 2.05) is 38.8 Å². The number of anilines is 2. The van der Waals surface area contributed by atoms with Gasteiger partial charge in [-0.15, -0.1) is 11.3 Å². The van der Waals surface area contributed by atoms with Gasteiger partial charge in [0.25, 0.3) is 0 Å². The number of aromatic nitrogens is 3. The van der Waals surface area contributed by atoms with Crippen molar-refractivity contribution in [2.75, 3.05) is 19.4 Å². The third-order valence-electron chi connectivity index (χ3n) is 5.52. The third-order valence-corrected chi connectivity index (χ3v) is 6.62. The smallest absolute Gasteiger partial charge is 0.126 e. The van der Waals surface area contributed by atoms with Gasteiger partial charge in [0.15, 0.2) is 0 Å². The first kappa shape index (κ1) is 20.2. The van der Waals surface area contributed by atoms with E-state index in [2.05, 4.69) is 62.4 Å².